The fraction of sp³-hybridized carbons (Fsp3) is 0.818. The Balaban J connectivity index is 1.95. The molecule has 4 nitrogen and oxygen atoms in total. The van der Waals surface area contributed by atoms with Crippen molar-refractivity contribution in [3.05, 3.63) is 0 Å². The molecule has 0 radical (unpaired) electrons. The summed E-state index contributed by atoms with van der Waals surface area (Å²) in [7, 11) is 0. The van der Waals surface area contributed by atoms with Crippen molar-refractivity contribution in [1.29, 1.82) is 0 Å². The van der Waals surface area contributed by atoms with Gasteiger partial charge in [0, 0.05) is 25.3 Å². The second-order valence-electron chi connectivity index (χ2n) is 3.72. The van der Waals surface area contributed by atoms with Crippen molar-refractivity contribution in [3.63, 3.8) is 0 Å². The summed E-state index contributed by atoms with van der Waals surface area (Å²) in [6, 6.07) is 0. The summed E-state index contributed by atoms with van der Waals surface area (Å²) in [4.78, 5) is 24.2. The molecule has 0 spiro atoms. The van der Waals surface area contributed by atoms with Crippen molar-refractivity contribution in [2.75, 3.05) is 25.4 Å². The van der Waals surface area contributed by atoms with Crippen LogP contribution in [0.1, 0.15) is 32.6 Å². The number of rotatable bonds is 7. The van der Waals surface area contributed by atoms with Crippen molar-refractivity contribution in [2.24, 2.45) is 0 Å². The molecule has 0 aromatic heterocycles. The highest BCUT2D eigenvalue weighted by Crippen LogP contribution is 2.17. The highest BCUT2D eigenvalue weighted by molar-refractivity contribution is 8.13. The van der Waals surface area contributed by atoms with Gasteiger partial charge in [0.15, 0.2) is 0 Å². The number of hydrogen-bond acceptors (Lipinski definition) is 4. The van der Waals surface area contributed by atoms with Crippen LogP contribution in [0.4, 0.5) is 4.79 Å². The molecule has 1 saturated heterocycles. The van der Waals surface area contributed by atoms with Gasteiger partial charge in [-0.3, -0.25) is 9.59 Å². The summed E-state index contributed by atoms with van der Waals surface area (Å²) in [5.41, 5.74) is 0. The molecule has 0 saturated carbocycles. The maximum atomic E-state index is 11.2. The lowest BCUT2D eigenvalue weighted by atomic mass is 10.2. The maximum Gasteiger partial charge on any atom is 0.305 e. The van der Waals surface area contributed by atoms with Gasteiger partial charge in [0.2, 0.25) is 0 Å². The summed E-state index contributed by atoms with van der Waals surface area (Å²) in [6.45, 7) is 3.98. The highest BCUT2D eigenvalue weighted by Gasteiger charge is 2.19. The Morgan fingerprint density at radius 3 is 2.88 bits per heavy atom. The smallest absolute Gasteiger partial charge is 0.305 e. The zero-order valence-corrected chi connectivity index (χ0v) is 10.6. The molecular formula is C11H19NO3S. The fourth-order valence-corrected chi connectivity index (χ4v) is 2.46. The molecule has 92 valence electrons. The number of nitrogens with zero attached hydrogens (tertiary/aromatic N) is 1. The molecular weight excluding hydrogens is 226 g/mol. The minimum Gasteiger partial charge on any atom is -0.466 e. The standard InChI is InChI=1S/C11H19NO3S/c1-2-15-10(13)6-4-3-5-7-12-8-9-16-11(12)14/h2-9H2,1H3. The number of unbranched alkanes of at least 4 members (excludes halogenated alkanes) is 2. The van der Waals surface area contributed by atoms with Gasteiger partial charge in [-0.15, -0.1) is 0 Å². The van der Waals surface area contributed by atoms with Crippen molar-refractivity contribution in [3.8, 4) is 0 Å². The van der Waals surface area contributed by atoms with Gasteiger partial charge in [-0.2, -0.15) is 0 Å². The molecule has 1 fully saturated rings. The lowest BCUT2D eigenvalue weighted by Gasteiger charge is -2.13. The van der Waals surface area contributed by atoms with Crippen LogP contribution in [0.15, 0.2) is 0 Å². The molecule has 0 aromatic rings. The quantitative estimate of drug-likeness (QED) is 0.510. The molecule has 5 heteroatoms. The number of ether oxygens (including phenoxy) is 1. The third-order valence-corrected chi connectivity index (χ3v) is 3.35. The Hall–Kier alpha value is -0.710. The van der Waals surface area contributed by atoms with E-state index in [1.807, 2.05) is 11.8 Å². The monoisotopic (exact) mass is 245 g/mol. The largest absolute Gasteiger partial charge is 0.466 e. The van der Waals surface area contributed by atoms with Crippen LogP contribution in [0.2, 0.25) is 0 Å². The van der Waals surface area contributed by atoms with Crippen molar-refractivity contribution < 1.29 is 14.3 Å². The van der Waals surface area contributed by atoms with Crippen LogP contribution in [0.25, 0.3) is 0 Å². The van der Waals surface area contributed by atoms with E-state index in [1.165, 1.54) is 11.8 Å². The summed E-state index contributed by atoms with van der Waals surface area (Å²) < 4.78 is 4.83. The number of thioether (sulfide) groups is 1. The van der Waals surface area contributed by atoms with E-state index in [2.05, 4.69) is 0 Å². The van der Waals surface area contributed by atoms with Gasteiger partial charge >= 0.3 is 5.97 Å². The third kappa shape index (κ3) is 4.88. The molecule has 0 N–H and O–H groups in total. The first-order valence-electron chi connectivity index (χ1n) is 5.81. The molecule has 0 aromatic carbocycles. The van der Waals surface area contributed by atoms with Crippen molar-refractivity contribution >= 4 is 23.0 Å². The summed E-state index contributed by atoms with van der Waals surface area (Å²) >= 11 is 1.39. The zero-order valence-electron chi connectivity index (χ0n) is 9.74. The van der Waals surface area contributed by atoms with Crippen LogP contribution < -0.4 is 0 Å². The Morgan fingerprint density at radius 2 is 2.25 bits per heavy atom. The molecule has 16 heavy (non-hydrogen) atoms. The average molecular weight is 245 g/mol. The second-order valence-corrected chi connectivity index (χ2v) is 4.76. The fourth-order valence-electron chi connectivity index (χ4n) is 1.61. The number of carbonyl (C=O) groups excluding carboxylic acids is 2. The normalized spacial score (nSPS) is 15.6. The molecule has 1 amide bonds. The molecule has 1 aliphatic heterocycles. The number of carbonyl (C=O) groups is 2. The topological polar surface area (TPSA) is 46.6 Å². The van der Waals surface area contributed by atoms with Gasteiger partial charge in [-0.05, 0) is 19.8 Å². The zero-order chi connectivity index (χ0) is 11.8. The summed E-state index contributed by atoms with van der Waals surface area (Å²) in [5, 5.41) is 0.199. The second kappa shape index (κ2) is 7.54. The van der Waals surface area contributed by atoms with E-state index in [9.17, 15) is 9.59 Å². The van der Waals surface area contributed by atoms with Gasteiger partial charge in [0.1, 0.15) is 0 Å². The summed E-state index contributed by atoms with van der Waals surface area (Å²) in [6.07, 6.45) is 3.31. The first kappa shape index (κ1) is 13.4. The number of esters is 1. The van der Waals surface area contributed by atoms with Crippen LogP contribution in [-0.4, -0.2) is 41.6 Å². The predicted octanol–water partition coefficient (Wildman–Crippen LogP) is 2.28. The van der Waals surface area contributed by atoms with Gasteiger partial charge in [-0.1, -0.05) is 18.2 Å². The lowest BCUT2D eigenvalue weighted by molar-refractivity contribution is -0.143. The maximum absolute atomic E-state index is 11.2. The first-order valence-corrected chi connectivity index (χ1v) is 6.80. The van der Waals surface area contributed by atoms with Crippen molar-refractivity contribution in [2.45, 2.75) is 32.6 Å². The minimum atomic E-state index is -0.115. The Bertz CT molecular complexity index is 245. The van der Waals surface area contributed by atoms with E-state index < -0.39 is 0 Å². The van der Waals surface area contributed by atoms with Gasteiger partial charge in [-0.25, -0.2) is 0 Å². The van der Waals surface area contributed by atoms with Gasteiger partial charge in [0.25, 0.3) is 5.24 Å². The average Bonchev–Trinajstić information content (AvgIpc) is 2.64. The Morgan fingerprint density at radius 1 is 1.44 bits per heavy atom. The lowest BCUT2D eigenvalue weighted by Crippen LogP contribution is -2.24. The van der Waals surface area contributed by atoms with Crippen LogP contribution in [0.3, 0.4) is 0 Å². The number of amides is 1. The van der Waals surface area contributed by atoms with E-state index in [0.717, 1.165) is 38.1 Å². The third-order valence-electron chi connectivity index (χ3n) is 2.46. The van der Waals surface area contributed by atoms with Crippen LogP contribution in [0, 0.1) is 0 Å². The summed E-state index contributed by atoms with van der Waals surface area (Å²) in [5.74, 6) is 0.803. The van der Waals surface area contributed by atoms with Crippen molar-refractivity contribution in [1.82, 2.24) is 4.90 Å². The molecule has 1 aliphatic rings. The molecule has 0 unspecified atom stereocenters. The Kier molecular flexibility index (Phi) is 6.30. The van der Waals surface area contributed by atoms with E-state index in [-0.39, 0.29) is 11.2 Å². The van der Waals surface area contributed by atoms with Crippen LogP contribution in [-0.2, 0) is 9.53 Å². The molecule has 0 aliphatic carbocycles. The predicted molar refractivity (Wildman–Crippen MR) is 64.5 cm³/mol. The van der Waals surface area contributed by atoms with Gasteiger partial charge in [0.05, 0.1) is 6.61 Å². The minimum absolute atomic E-state index is 0.115. The molecule has 0 bridgehead atoms. The first-order chi connectivity index (χ1) is 7.74. The molecule has 1 heterocycles. The number of hydrogen-bond donors (Lipinski definition) is 0. The van der Waals surface area contributed by atoms with E-state index in [0.29, 0.717) is 13.0 Å². The van der Waals surface area contributed by atoms with E-state index >= 15 is 0 Å². The van der Waals surface area contributed by atoms with E-state index in [1.54, 1.807) is 0 Å². The molecule has 0 atom stereocenters. The molecule has 1 rings (SSSR count). The van der Waals surface area contributed by atoms with E-state index in [4.69, 9.17) is 4.74 Å². The SMILES string of the molecule is CCOC(=O)CCCCCN1CCSC1=O. The van der Waals surface area contributed by atoms with Gasteiger partial charge < -0.3 is 9.64 Å². The van der Waals surface area contributed by atoms with Crippen LogP contribution >= 0.6 is 11.8 Å². The highest BCUT2D eigenvalue weighted by atomic mass is 32.2. The van der Waals surface area contributed by atoms with Crippen LogP contribution in [0.5, 0.6) is 0 Å². The Labute approximate surface area is 101 Å².